The van der Waals surface area contributed by atoms with E-state index in [9.17, 15) is 0 Å². The molecule has 88 valence electrons. The van der Waals surface area contributed by atoms with Gasteiger partial charge in [0.15, 0.2) is 5.82 Å². The van der Waals surface area contributed by atoms with Crippen LogP contribution < -0.4 is 5.32 Å². The number of hydrogen-bond donors (Lipinski definition) is 2. The summed E-state index contributed by atoms with van der Waals surface area (Å²) < 4.78 is 0. The van der Waals surface area contributed by atoms with E-state index in [1.54, 1.807) is 0 Å². The molecule has 1 aromatic heterocycles. The quantitative estimate of drug-likeness (QED) is 0.845. The van der Waals surface area contributed by atoms with Gasteiger partial charge in [0.1, 0.15) is 5.82 Å². The van der Waals surface area contributed by atoms with Crippen molar-refractivity contribution in [1.29, 1.82) is 0 Å². The van der Waals surface area contributed by atoms with Gasteiger partial charge in [-0.3, -0.25) is 5.10 Å². The highest BCUT2D eigenvalue weighted by Gasteiger charge is 2.27. The number of aromatic nitrogens is 3. The first-order valence-electron chi connectivity index (χ1n) is 6.03. The second kappa shape index (κ2) is 4.20. The first-order chi connectivity index (χ1) is 8.31. The predicted octanol–water partition coefficient (Wildman–Crippen LogP) is 2.60. The van der Waals surface area contributed by atoms with Crippen LogP contribution in [0.3, 0.4) is 0 Å². The Morgan fingerprint density at radius 1 is 1.29 bits per heavy atom. The highest BCUT2D eigenvalue weighted by atomic mass is 15.2. The number of nitrogens with zero attached hydrogens (tertiary/aromatic N) is 2. The fraction of sp³-hybridized carbons (Fsp3) is 0.385. The van der Waals surface area contributed by atoms with Gasteiger partial charge >= 0.3 is 0 Å². The second-order valence-electron chi connectivity index (χ2n) is 4.63. The van der Waals surface area contributed by atoms with E-state index in [1.165, 1.54) is 18.4 Å². The van der Waals surface area contributed by atoms with Crippen LogP contribution in [-0.2, 0) is 6.54 Å². The maximum atomic E-state index is 4.48. The molecule has 1 aliphatic carbocycles. The van der Waals surface area contributed by atoms with Crippen LogP contribution in [-0.4, -0.2) is 15.2 Å². The average molecular weight is 228 g/mol. The third-order valence-electron chi connectivity index (χ3n) is 3.00. The smallest absolute Gasteiger partial charge is 0.153 e. The summed E-state index contributed by atoms with van der Waals surface area (Å²) in [5.41, 5.74) is 2.38. The van der Waals surface area contributed by atoms with Crippen molar-refractivity contribution in [3.05, 3.63) is 41.5 Å². The Labute approximate surface area is 100 Å². The van der Waals surface area contributed by atoms with E-state index in [0.717, 1.165) is 17.3 Å². The topological polar surface area (TPSA) is 53.6 Å². The van der Waals surface area contributed by atoms with Crippen LogP contribution in [0.15, 0.2) is 24.3 Å². The Balaban J connectivity index is 1.60. The number of anilines is 1. The zero-order valence-electron chi connectivity index (χ0n) is 9.90. The lowest BCUT2D eigenvalue weighted by atomic mass is 10.2. The third-order valence-corrected chi connectivity index (χ3v) is 3.00. The molecule has 4 nitrogen and oxygen atoms in total. The van der Waals surface area contributed by atoms with Crippen LogP contribution in [0.2, 0.25) is 0 Å². The summed E-state index contributed by atoms with van der Waals surface area (Å²) in [6.07, 6.45) is 2.48. The molecule has 0 radical (unpaired) electrons. The minimum atomic E-state index is 0.611. The standard InChI is InChI=1S/C13H16N4/c1-9-2-6-11(7-3-9)14-8-12-15-13(17-16-12)10-4-5-10/h2-3,6-7,10,14H,4-5,8H2,1H3,(H,15,16,17). The summed E-state index contributed by atoms with van der Waals surface area (Å²) in [5.74, 6) is 2.50. The first kappa shape index (κ1) is 10.3. The molecule has 0 atom stereocenters. The minimum Gasteiger partial charge on any atom is -0.378 e. The van der Waals surface area contributed by atoms with Gasteiger partial charge in [-0.1, -0.05) is 17.7 Å². The number of rotatable bonds is 4. The van der Waals surface area contributed by atoms with Crippen LogP contribution >= 0.6 is 0 Å². The van der Waals surface area contributed by atoms with Crippen LogP contribution in [0.5, 0.6) is 0 Å². The molecule has 0 amide bonds. The molecule has 0 saturated heterocycles. The predicted molar refractivity (Wildman–Crippen MR) is 66.9 cm³/mol. The van der Waals surface area contributed by atoms with Gasteiger partial charge in [-0.2, -0.15) is 5.10 Å². The first-order valence-corrected chi connectivity index (χ1v) is 6.03. The van der Waals surface area contributed by atoms with Gasteiger partial charge in [0, 0.05) is 11.6 Å². The van der Waals surface area contributed by atoms with Gasteiger partial charge < -0.3 is 5.32 Å². The van der Waals surface area contributed by atoms with Crippen molar-refractivity contribution in [1.82, 2.24) is 15.2 Å². The largest absolute Gasteiger partial charge is 0.378 e. The molecule has 3 rings (SSSR count). The molecular weight excluding hydrogens is 212 g/mol. The lowest BCUT2D eigenvalue weighted by molar-refractivity contribution is 0.931. The van der Waals surface area contributed by atoms with E-state index in [2.05, 4.69) is 51.7 Å². The number of hydrogen-bond acceptors (Lipinski definition) is 3. The Morgan fingerprint density at radius 2 is 2.06 bits per heavy atom. The molecular formula is C13H16N4. The van der Waals surface area contributed by atoms with Crippen LogP contribution in [0.1, 0.15) is 36.0 Å². The molecule has 4 heteroatoms. The highest BCUT2D eigenvalue weighted by molar-refractivity contribution is 5.44. The fourth-order valence-corrected chi connectivity index (χ4v) is 1.77. The van der Waals surface area contributed by atoms with Crippen LogP contribution in [0, 0.1) is 6.92 Å². The Hall–Kier alpha value is -1.84. The third kappa shape index (κ3) is 2.46. The molecule has 0 bridgehead atoms. The summed E-state index contributed by atoms with van der Waals surface area (Å²) in [6, 6.07) is 8.34. The van der Waals surface area contributed by atoms with Gasteiger partial charge in [0.05, 0.1) is 6.54 Å². The second-order valence-corrected chi connectivity index (χ2v) is 4.63. The molecule has 1 heterocycles. The number of aromatic amines is 1. The van der Waals surface area contributed by atoms with E-state index < -0.39 is 0 Å². The van der Waals surface area contributed by atoms with Crippen molar-refractivity contribution in [2.24, 2.45) is 0 Å². The number of H-pyrrole nitrogens is 1. The molecule has 1 fully saturated rings. The molecule has 2 N–H and O–H groups in total. The molecule has 1 aliphatic rings. The van der Waals surface area contributed by atoms with Crippen LogP contribution in [0.25, 0.3) is 0 Å². The van der Waals surface area contributed by atoms with Crippen molar-refractivity contribution in [2.75, 3.05) is 5.32 Å². The van der Waals surface area contributed by atoms with Gasteiger partial charge in [-0.15, -0.1) is 0 Å². The molecule has 1 aromatic carbocycles. The van der Waals surface area contributed by atoms with E-state index >= 15 is 0 Å². The summed E-state index contributed by atoms with van der Waals surface area (Å²) in [6.45, 7) is 2.78. The average Bonchev–Trinajstić information content (AvgIpc) is 3.09. The van der Waals surface area contributed by atoms with Crippen molar-refractivity contribution in [2.45, 2.75) is 32.2 Å². The zero-order chi connectivity index (χ0) is 11.7. The maximum Gasteiger partial charge on any atom is 0.153 e. The summed E-state index contributed by atoms with van der Waals surface area (Å²) in [4.78, 5) is 4.48. The summed E-state index contributed by atoms with van der Waals surface area (Å²) >= 11 is 0. The SMILES string of the molecule is Cc1ccc(NCc2nc(C3CC3)n[nH]2)cc1. The van der Waals surface area contributed by atoms with Gasteiger partial charge in [0.25, 0.3) is 0 Å². The number of nitrogens with one attached hydrogen (secondary N) is 2. The minimum absolute atomic E-state index is 0.611. The Morgan fingerprint density at radius 3 is 2.76 bits per heavy atom. The molecule has 0 aliphatic heterocycles. The maximum absolute atomic E-state index is 4.48. The van der Waals surface area contributed by atoms with Gasteiger partial charge in [-0.05, 0) is 31.9 Å². The molecule has 17 heavy (non-hydrogen) atoms. The van der Waals surface area contributed by atoms with Crippen molar-refractivity contribution in [3.63, 3.8) is 0 Å². The molecule has 2 aromatic rings. The highest BCUT2D eigenvalue weighted by Crippen LogP contribution is 2.37. The van der Waals surface area contributed by atoms with Crippen LogP contribution in [0.4, 0.5) is 5.69 Å². The lowest BCUT2D eigenvalue weighted by Crippen LogP contribution is -2.01. The fourth-order valence-electron chi connectivity index (χ4n) is 1.77. The van der Waals surface area contributed by atoms with Gasteiger partial charge in [0.2, 0.25) is 0 Å². The van der Waals surface area contributed by atoms with Gasteiger partial charge in [-0.25, -0.2) is 4.98 Å². The van der Waals surface area contributed by atoms with E-state index in [1.807, 2.05) is 0 Å². The zero-order valence-corrected chi connectivity index (χ0v) is 9.90. The molecule has 0 spiro atoms. The lowest BCUT2D eigenvalue weighted by Gasteiger charge is -2.03. The van der Waals surface area contributed by atoms with Crippen molar-refractivity contribution >= 4 is 5.69 Å². The van der Waals surface area contributed by atoms with E-state index in [-0.39, 0.29) is 0 Å². The van der Waals surface area contributed by atoms with E-state index in [0.29, 0.717) is 12.5 Å². The van der Waals surface area contributed by atoms with E-state index in [4.69, 9.17) is 0 Å². The number of benzene rings is 1. The summed E-state index contributed by atoms with van der Waals surface area (Å²) in [5, 5.41) is 10.5. The van der Waals surface area contributed by atoms with Crippen molar-refractivity contribution in [3.8, 4) is 0 Å². The molecule has 1 saturated carbocycles. The summed E-state index contributed by atoms with van der Waals surface area (Å²) in [7, 11) is 0. The monoisotopic (exact) mass is 228 g/mol. The number of aryl methyl sites for hydroxylation is 1. The molecule has 0 unspecified atom stereocenters. The Kier molecular flexibility index (Phi) is 2.55. The van der Waals surface area contributed by atoms with Crippen molar-refractivity contribution < 1.29 is 0 Å². The normalized spacial score (nSPS) is 14.9. The Bertz CT molecular complexity index is 496.